The highest BCUT2D eigenvalue weighted by Gasteiger charge is 2.22. The van der Waals surface area contributed by atoms with Crippen molar-refractivity contribution in [3.8, 4) is 0 Å². The van der Waals surface area contributed by atoms with Gasteiger partial charge in [-0.15, -0.1) is 0 Å². The summed E-state index contributed by atoms with van der Waals surface area (Å²) in [4.78, 5) is 13.6. The molecule has 1 unspecified atom stereocenters. The van der Waals surface area contributed by atoms with E-state index >= 15 is 0 Å². The van der Waals surface area contributed by atoms with Crippen molar-refractivity contribution >= 4 is 17.4 Å². The fourth-order valence-electron chi connectivity index (χ4n) is 2.21. The van der Waals surface area contributed by atoms with Crippen LogP contribution in [-0.2, 0) is 6.42 Å². The van der Waals surface area contributed by atoms with Gasteiger partial charge in [0, 0.05) is 38.2 Å². The summed E-state index contributed by atoms with van der Waals surface area (Å²) >= 11 is 6.08. The summed E-state index contributed by atoms with van der Waals surface area (Å²) in [5.74, 6) is 1.82. The molecular formula is C13H21ClN4. The predicted octanol–water partition coefficient (Wildman–Crippen LogP) is 2.22. The number of piperazine rings is 1. The van der Waals surface area contributed by atoms with Crippen LogP contribution in [0.4, 0.5) is 5.82 Å². The standard InChI is InChI=1S/C13H21ClN4/c1-4-5-12-15-11(14)8-13(16-12)18-7-6-17(3)10(2)9-18/h8,10H,4-7,9H2,1-3H3. The Labute approximate surface area is 114 Å². The Bertz CT molecular complexity index is 410. The lowest BCUT2D eigenvalue weighted by Gasteiger charge is -2.38. The van der Waals surface area contributed by atoms with Crippen LogP contribution < -0.4 is 4.90 Å². The van der Waals surface area contributed by atoms with Crippen LogP contribution >= 0.6 is 11.6 Å². The van der Waals surface area contributed by atoms with E-state index in [1.165, 1.54) is 0 Å². The van der Waals surface area contributed by atoms with E-state index in [1.54, 1.807) is 0 Å². The Balaban J connectivity index is 2.17. The number of likely N-dealkylation sites (N-methyl/N-ethyl adjacent to an activating group) is 1. The number of aromatic nitrogens is 2. The zero-order valence-corrected chi connectivity index (χ0v) is 12.1. The van der Waals surface area contributed by atoms with Crippen LogP contribution in [-0.4, -0.2) is 47.6 Å². The Hall–Kier alpha value is -0.870. The molecule has 1 saturated heterocycles. The summed E-state index contributed by atoms with van der Waals surface area (Å²) in [5.41, 5.74) is 0. The van der Waals surface area contributed by atoms with Gasteiger partial charge in [0.2, 0.25) is 0 Å². The van der Waals surface area contributed by atoms with Gasteiger partial charge in [0.15, 0.2) is 0 Å². The lowest BCUT2D eigenvalue weighted by molar-refractivity contribution is 0.233. The molecule has 0 aliphatic carbocycles. The molecule has 18 heavy (non-hydrogen) atoms. The molecule has 0 saturated carbocycles. The molecule has 0 N–H and O–H groups in total. The van der Waals surface area contributed by atoms with Gasteiger partial charge in [-0.2, -0.15) is 0 Å². The van der Waals surface area contributed by atoms with E-state index in [0.29, 0.717) is 11.2 Å². The zero-order valence-electron chi connectivity index (χ0n) is 11.4. The Morgan fingerprint density at radius 1 is 1.39 bits per heavy atom. The van der Waals surface area contributed by atoms with Crippen molar-refractivity contribution in [1.29, 1.82) is 0 Å². The number of aryl methyl sites for hydroxylation is 1. The van der Waals surface area contributed by atoms with Crippen molar-refractivity contribution in [2.75, 3.05) is 31.6 Å². The monoisotopic (exact) mass is 268 g/mol. The first-order chi connectivity index (χ1) is 8.60. The van der Waals surface area contributed by atoms with Gasteiger partial charge >= 0.3 is 0 Å². The summed E-state index contributed by atoms with van der Waals surface area (Å²) in [7, 11) is 2.16. The van der Waals surface area contributed by atoms with Gasteiger partial charge in [-0.3, -0.25) is 0 Å². The molecule has 0 bridgehead atoms. The molecule has 4 nitrogen and oxygen atoms in total. The van der Waals surface area contributed by atoms with Crippen molar-refractivity contribution in [3.05, 3.63) is 17.0 Å². The number of rotatable bonds is 3. The van der Waals surface area contributed by atoms with Gasteiger partial charge in [0.05, 0.1) is 0 Å². The van der Waals surface area contributed by atoms with E-state index in [4.69, 9.17) is 11.6 Å². The normalized spacial score (nSPS) is 21.3. The molecule has 0 amide bonds. The zero-order chi connectivity index (χ0) is 13.1. The quantitative estimate of drug-likeness (QED) is 0.787. The highest BCUT2D eigenvalue weighted by Crippen LogP contribution is 2.19. The molecule has 0 spiro atoms. The lowest BCUT2D eigenvalue weighted by Crippen LogP contribution is -2.50. The third-order valence-corrected chi connectivity index (χ3v) is 3.68. The van der Waals surface area contributed by atoms with Crippen LogP contribution in [0.1, 0.15) is 26.1 Å². The van der Waals surface area contributed by atoms with Crippen LogP contribution in [0.2, 0.25) is 5.15 Å². The first kappa shape index (κ1) is 13.6. The molecule has 2 rings (SSSR count). The maximum Gasteiger partial charge on any atom is 0.134 e. The van der Waals surface area contributed by atoms with Crippen molar-refractivity contribution in [3.63, 3.8) is 0 Å². The molecule has 1 atom stereocenters. The number of nitrogens with zero attached hydrogens (tertiary/aromatic N) is 4. The maximum absolute atomic E-state index is 6.08. The summed E-state index contributed by atoms with van der Waals surface area (Å²) < 4.78 is 0. The van der Waals surface area contributed by atoms with Crippen LogP contribution in [0.5, 0.6) is 0 Å². The largest absolute Gasteiger partial charge is 0.354 e. The molecule has 2 heterocycles. The van der Waals surface area contributed by atoms with Crippen LogP contribution in [0, 0.1) is 0 Å². The van der Waals surface area contributed by atoms with E-state index in [9.17, 15) is 0 Å². The van der Waals surface area contributed by atoms with Crippen molar-refractivity contribution in [2.45, 2.75) is 32.7 Å². The second-order valence-corrected chi connectivity index (χ2v) is 5.38. The highest BCUT2D eigenvalue weighted by atomic mass is 35.5. The predicted molar refractivity (Wildman–Crippen MR) is 75.3 cm³/mol. The Morgan fingerprint density at radius 3 is 2.83 bits per heavy atom. The highest BCUT2D eigenvalue weighted by molar-refractivity contribution is 6.29. The first-order valence-electron chi connectivity index (χ1n) is 6.58. The number of hydrogen-bond acceptors (Lipinski definition) is 4. The molecule has 0 radical (unpaired) electrons. The lowest BCUT2D eigenvalue weighted by atomic mass is 10.2. The molecule has 1 fully saturated rings. The molecule has 1 aromatic rings. The summed E-state index contributed by atoms with van der Waals surface area (Å²) in [6.07, 6.45) is 1.93. The van der Waals surface area contributed by atoms with E-state index in [0.717, 1.165) is 44.1 Å². The molecule has 1 aliphatic rings. The van der Waals surface area contributed by atoms with Gasteiger partial charge in [0.25, 0.3) is 0 Å². The van der Waals surface area contributed by atoms with Crippen LogP contribution in [0.25, 0.3) is 0 Å². The van der Waals surface area contributed by atoms with Gasteiger partial charge in [0.1, 0.15) is 16.8 Å². The average molecular weight is 269 g/mol. The van der Waals surface area contributed by atoms with E-state index in [-0.39, 0.29) is 0 Å². The van der Waals surface area contributed by atoms with Crippen molar-refractivity contribution in [2.24, 2.45) is 0 Å². The van der Waals surface area contributed by atoms with Gasteiger partial charge in [-0.1, -0.05) is 18.5 Å². The molecule has 100 valence electrons. The van der Waals surface area contributed by atoms with E-state index in [2.05, 4.69) is 40.7 Å². The SMILES string of the molecule is CCCc1nc(Cl)cc(N2CCN(C)C(C)C2)n1. The van der Waals surface area contributed by atoms with Gasteiger partial charge < -0.3 is 9.80 Å². The van der Waals surface area contributed by atoms with Crippen LogP contribution in [0.15, 0.2) is 6.07 Å². The maximum atomic E-state index is 6.08. The third-order valence-electron chi connectivity index (χ3n) is 3.48. The minimum Gasteiger partial charge on any atom is -0.354 e. The van der Waals surface area contributed by atoms with Crippen molar-refractivity contribution < 1.29 is 0 Å². The second kappa shape index (κ2) is 5.85. The summed E-state index contributed by atoms with van der Waals surface area (Å²) in [6, 6.07) is 2.42. The molecular weight excluding hydrogens is 248 g/mol. The van der Waals surface area contributed by atoms with E-state index < -0.39 is 0 Å². The fraction of sp³-hybridized carbons (Fsp3) is 0.692. The first-order valence-corrected chi connectivity index (χ1v) is 6.96. The fourth-order valence-corrected chi connectivity index (χ4v) is 2.40. The Morgan fingerprint density at radius 2 is 2.17 bits per heavy atom. The smallest absolute Gasteiger partial charge is 0.134 e. The van der Waals surface area contributed by atoms with Gasteiger partial charge in [-0.05, 0) is 20.4 Å². The Kier molecular flexibility index (Phi) is 4.40. The summed E-state index contributed by atoms with van der Waals surface area (Å²) in [5, 5.41) is 0.551. The van der Waals surface area contributed by atoms with Crippen LogP contribution in [0.3, 0.4) is 0 Å². The number of hydrogen-bond donors (Lipinski definition) is 0. The second-order valence-electron chi connectivity index (χ2n) is 4.99. The van der Waals surface area contributed by atoms with Gasteiger partial charge in [-0.25, -0.2) is 9.97 Å². The molecule has 0 aromatic carbocycles. The van der Waals surface area contributed by atoms with E-state index in [1.807, 2.05) is 6.07 Å². The van der Waals surface area contributed by atoms with Crippen molar-refractivity contribution in [1.82, 2.24) is 14.9 Å². The molecule has 1 aromatic heterocycles. The number of halogens is 1. The third kappa shape index (κ3) is 3.12. The molecule has 1 aliphatic heterocycles. The topological polar surface area (TPSA) is 32.3 Å². The minimum atomic E-state index is 0.544. The minimum absolute atomic E-state index is 0.544. The number of anilines is 1. The summed E-state index contributed by atoms with van der Waals surface area (Å²) in [6.45, 7) is 7.42. The molecule has 5 heteroatoms. The average Bonchev–Trinajstić information content (AvgIpc) is 2.32.